The normalized spacial score (nSPS) is 12.9. The molecule has 0 aliphatic rings. The van der Waals surface area contributed by atoms with Gasteiger partial charge in [-0.05, 0) is 12.1 Å². The van der Waals surface area contributed by atoms with Crippen molar-refractivity contribution in [1.29, 1.82) is 0 Å². The average Bonchev–Trinajstić information content (AvgIpc) is 3.12. The highest BCUT2D eigenvalue weighted by molar-refractivity contribution is 7.13. The Bertz CT molecular complexity index is 1050. The van der Waals surface area contributed by atoms with Gasteiger partial charge in [-0.25, -0.2) is 4.98 Å². The standard InChI is InChI=1S/C16H12F3N3O4S/c17-16(18,19)8-3-1-2-7-11(8)21-12(9(24)6-23)10(13(7)25)14(26)22-15-20-4-5-27-15/h1-5,9,23-24H,6H2,(H,21,25)(H,20,22,26). The number of pyridine rings is 1. The second kappa shape index (κ2) is 7.10. The van der Waals surface area contributed by atoms with Gasteiger partial charge < -0.3 is 15.2 Å². The minimum Gasteiger partial charge on any atom is -0.393 e. The Morgan fingerprint density at radius 3 is 2.70 bits per heavy atom. The van der Waals surface area contributed by atoms with Gasteiger partial charge in [0, 0.05) is 17.0 Å². The number of halogens is 3. The van der Waals surface area contributed by atoms with Gasteiger partial charge in [0.1, 0.15) is 11.7 Å². The largest absolute Gasteiger partial charge is 0.418 e. The molecular weight excluding hydrogens is 387 g/mol. The Hall–Kier alpha value is -2.76. The summed E-state index contributed by atoms with van der Waals surface area (Å²) in [5.74, 6) is -0.965. The van der Waals surface area contributed by atoms with Crippen LogP contribution in [0.4, 0.5) is 18.3 Å². The highest BCUT2D eigenvalue weighted by Gasteiger charge is 2.34. The summed E-state index contributed by atoms with van der Waals surface area (Å²) in [5, 5.41) is 22.9. The number of thiazole rings is 1. The number of hydrogen-bond donors (Lipinski definition) is 4. The molecule has 1 aromatic carbocycles. The van der Waals surface area contributed by atoms with Crippen molar-refractivity contribution in [3.63, 3.8) is 0 Å². The molecule has 1 amide bonds. The lowest BCUT2D eigenvalue weighted by atomic mass is 10.0. The Balaban J connectivity index is 2.28. The third kappa shape index (κ3) is 3.56. The molecule has 142 valence electrons. The number of aliphatic hydroxyl groups is 2. The van der Waals surface area contributed by atoms with Gasteiger partial charge in [-0.3, -0.25) is 14.9 Å². The SMILES string of the molecule is O=C(Nc1nccs1)c1c(C(O)CO)[nH]c2c(C(F)(F)F)cccc2c1=O. The fourth-order valence-electron chi connectivity index (χ4n) is 2.58. The molecular formula is C16H12F3N3O4S. The molecule has 11 heteroatoms. The van der Waals surface area contributed by atoms with Crippen LogP contribution >= 0.6 is 11.3 Å². The Morgan fingerprint density at radius 1 is 1.37 bits per heavy atom. The fourth-order valence-corrected chi connectivity index (χ4v) is 3.10. The summed E-state index contributed by atoms with van der Waals surface area (Å²) in [7, 11) is 0. The van der Waals surface area contributed by atoms with Crippen molar-refractivity contribution in [2.24, 2.45) is 0 Å². The molecule has 3 rings (SSSR count). The van der Waals surface area contributed by atoms with Gasteiger partial charge in [0.05, 0.1) is 23.4 Å². The van der Waals surface area contributed by atoms with Crippen molar-refractivity contribution in [2.75, 3.05) is 11.9 Å². The zero-order chi connectivity index (χ0) is 19.8. The van der Waals surface area contributed by atoms with E-state index in [1.807, 2.05) is 0 Å². The lowest BCUT2D eigenvalue weighted by Gasteiger charge is -2.17. The van der Waals surface area contributed by atoms with Crippen molar-refractivity contribution in [3.8, 4) is 0 Å². The van der Waals surface area contributed by atoms with Crippen molar-refractivity contribution in [2.45, 2.75) is 12.3 Å². The summed E-state index contributed by atoms with van der Waals surface area (Å²) in [4.78, 5) is 31.4. The van der Waals surface area contributed by atoms with Crippen LogP contribution in [0.5, 0.6) is 0 Å². The number of amides is 1. The van der Waals surface area contributed by atoms with Crippen molar-refractivity contribution >= 4 is 33.3 Å². The highest BCUT2D eigenvalue weighted by atomic mass is 32.1. The molecule has 0 saturated heterocycles. The second-order valence-corrected chi connectivity index (χ2v) is 6.35. The number of carbonyl (C=O) groups excluding carboxylic acids is 1. The highest BCUT2D eigenvalue weighted by Crippen LogP contribution is 2.34. The van der Waals surface area contributed by atoms with E-state index in [1.54, 1.807) is 5.38 Å². The maximum atomic E-state index is 13.3. The first-order chi connectivity index (χ1) is 12.7. The molecule has 4 N–H and O–H groups in total. The van der Waals surface area contributed by atoms with Crippen LogP contribution in [0, 0.1) is 0 Å². The molecule has 0 fully saturated rings. The quantitative estimate of drug-likeness (QED) is 0.537. The maximum absolute atomic E-state index is 13.3. The minimum atomic E-state index is -4.77. The van der Waals surface area contributed by atoms with E-state index in [4.69, 9.17) is 0 Å². The molecule has 0 saturated carbocycles. The van der Waals surface area contributed by atoms with Gasteiger partial charge in [-0.2, -0.15) is 13.2 Å². The lowest BCUT2D eigenvalue weighted by Crippen LogP contribution is -2.27. The molecule has 0 aliphatic carbocycles. The van der Waals surface area contributed by atoms with Gasteiger partial charge in [-0.15, -0.1) is 11.3 Å². The van der Waals surface area contributed by atoms with Crippen LogP contribution in [-0.2, 0) is 6.18 Å². The van der Waals surface area contributed by atoms with Gasteiger partial charge in [0.15, 0.2) is 5.13 Å². The molecule has 3 aromatic rings. The Labute approximate surface area is 153 Å². The van der Waals surface area contributed by atoms with Crippen LogP contribution in [0.3, 0.4) is 0 Å². The number of anilines is 1. The number of alkyl halides is 3. The first kappa shape index (κ1) is 19.0. The number of aromatic amines is 1. The summed E-state index contributed by atoms with van der Waals surface area (Å²) in [6, 6.07) is 2.95. The number of benzene rings is 1. The molecule has 0 aliphatic heterocycles. The predicted molar refractivity (Wildman–Crippen MR) is 91.7 cm³/mol. The lowest BCUT2D eigenvalue weighted by molar-refractivity contribution is -0.136. The molecule has 0 bridgehead atoms. The summed E-state index contributed by atoms with van der Waals surface area (Å²) in [5.41, 5.74) is -3.83. The molecule has 0 radical (unpaired) electrons. The number of aromatic nitrogens is 2. The number of H-pyrrole nitrogens is 1. The second-order valence-electron chi connectivity index (χ2n) is 5.46. The number of fused-ring (bicyclic) bond motifs is 1. The van der Waals surface area contributed by atoms with E-state index < -0.39 is 52.6 Å². The predicted octanol–water partition coefficient (Wildman–Crippen LogP) is 2.28. The number of nitrogens with one attached hydrogen (secondary N) is 2. The Kier molecular flexibility index (Phi) is 5.00. The van der Waals surface area contributed by atoms with Crippen LogP contribution in [0.1, 0.15) is 27.7 Å². The van der Waals surface area contributed by atoms with Crippen molar-refractivity contribution < 1.29 is 28.2 Å². The summed E-state index contributed by atoms with van der Waals surface area (Å²) in [6.45, 7) is -0.910. The third-order valence-corrected chi connectivity index (χ3v) is 4.45. The average molecular weight is 399 g/mol. The molecule has 0 spiro atoms. The molecule has 7 nitrogen and oxygen atoms in total. The summed E-state index contributed by atoms with van der Waals surface area (Å²) < 4.78 is 39.8. The fraction of sp³-hybridized carbons (Fsp3) is 0.188. The minimum absolute atomic E-state index is 0.160. The van der Waals surface area contributed by atoms with Crippen LogP contribution < -0.4 is 10.7 Å². The van der Waals surface area contributed by atoms with Gasteiger partial charge >= 0.3 is 6.18 Å². The van der Waals surface area contributed by atoms with E-state index in [9.17, 15) is 33.0 Å². The van der Waals surface area contributed by atoms with E-state index in [-0.39, 0.29) is 10.5 Å². The molecule has 1 unspecified atom stereocenters. The maximum Gasteiger partial charge on any atom is 0.418 e. The van der Waals surface area contributed by atoms with Crippen LogP contribution in [-0.4, -0.2) is 32.7 Å². The molecule has 2 heterocycles. The number of hydrogen-bond acceptors (Lipinski definition) is 6. The number of rotatable bonds is 4. The number of carbonyl (C=O) groups is 1. The zero-order valence-corrected chi connectivity index (χ0v) is 14.2. The van der Waals surface area contributed by atoms with Crippen LogP contribution in [0.2, 0.25) is 0 Å². The monoisotopic (exact) mass is 399 g/mol. The number of para-hydroxylation sites is 1. The number of nitrogens with zero attached hydrogens (tertiary/aromatic N) is 1. The van der Waals surface area contributed by atoms with E-state index in [0.29, 0.717) is 0 Å². The van der Waals surface area contributed by atoms with E-state index in [1.165, 1.54) is 6.20 Å². The van der Waals surface area contributed by atoms with Gasteiger partial charge in [0.2, 0.25) is 5.43 Å². The third-order valence-electron chi connectivity index (χ3n) is 3.76. The van der Waals surface area contributed by atoms with Crippen molar-refractivity contribution in [3.05, 3.63) is 56.8 Å². The Morgan fingerprint density at radius 2 is 2.11 bits per heavy atom. The van der Waals surface area contributed by atoms with E-state index in [0.717, 1.165) is 29.5 Å². The van der Waals surface area contributed by atoms with E-state index >= 15 is 0 Å². The first-order valence-corrected chi connectivity index (χ1v) is 8.38. The zero-order valence-electron chi connectivity index (χ0n) is 13.4. The number of aliphatic hydroxyl groups excluding tert-OH is 2. The van der Waals surface area contributed by atoms with Crippen molar-refractivity contribution in [1.82, 2.24) is 9.97 Å². The van der Waals surface area contributed by atoms with Gasteiger partial charge in [0.25, 0.3) is 5.91 Å². The van der Waals surface area contributed by atoms with E-state index in [2.05, 4.69) is 15.3 Å². The van der Waals surface area contributed by atoms with Crippen LogP contribution in [0.25, 0.3) is 10.9 Å². The molecule has 2 aromatic heterocycles. The smallest absolute Gasteiger partial charge is 0.393 e. The first-order valence-electron chi connectivity index (χ1n) is 7.50. The van der Waals surface area contributed by atoms with Crippen LogP contribution in [0.15, 0.2) is 34.6 Å². The topological polar surface area (TPSA) is 115 Å². The molecule has 1 atom stereocenters. The van der Waals surface area contributed by atoms with Gasteiger partial charge in [-0.1, -0.05) is 6.07 Å². The molecule has 27 heavy (non-hydrogen) atoms. The summed E-state index contributed by atoms with van der Waals surface area (Å²) >= 11 is 1.07. The summed E-state index contributed by atoms with van der Waals surface area (Å²) in [6.07, 6.45) is -5.13.